The number of nitrogen functional groups attached to an aromatic ring is 1. The third kappa shape index (κ3) is 3.00. The third-order valence-corrected chi connectivity index (χ3v) is 4.83. The van der Waals surface area contributed by atoms with Gasteiger partial charge in [-0.2, -0.15) is 10.4 Å². The van der Waals surface area contributed by atoms with Gasteiger partial charge in [-0.25, -0.2) is 4.98 Å². The lowest BCUT2D eigenvalue weighted by Gasteiger charge is -2.28. The van der Waals surface area contributed by atoms with Crippen LogP contribution in [0.4, 0.5) is 11.5 Å². The highest BCUT2D eigenvalue weighted by Crippen LogP contribution is 2.31. The molecule has 4 rings (SSSR count). The molecule has 1 fully saturated rings. The largest absolute Gasteiger partial charge is 0.383 e. The van der Waals surface area contributed by atoms with Gasteiger partial charge < -0.3 is 10.6 Å². The van der Waals surface area contributed by atoms with Gasteiger partial charge in [-0.3, -0.25) is 5.10 Å². The molecule has 3 heterocycles. The average molecular weight is 344 g/mol. The molecule has 2 aromatic heterocycles. The number of nitrogens with zero attached hydrogens (tertiary/aromatic N) is 4. The van der Waals surface area contributed by atoms with E-state index in [9.17, 15) is 5.26 Å². The number of aromatic amines is 1. The fourth-order valence-electron chi connectivity index (χ4n) is 3.44. The first-order valence-corrected chi connectivity index (χ1v) is 8.82. The molecule has 1 aromatic carbocycles. The normalized spacial score (nSPS) is 14.2. The van der Waals surface area contributed by atoms with Crippen LogP contribution in [0.1, 0.15) is 24.8 Å². The molecule has 0 radical (unpaired) electrons. The smallest absolute Gasteiger partial charge is 0.142 e. The Morgan fingerprint density at radius 3 is 2.50 bits per heavy atom. The molecule has 3 aromatic rings. The molecule has 0 unspecified atom stereocenters. The Morgan fingerprint density at radius 1 is 1.08 bits per heavy atom. The van der Waals surface area contributed by atoms with Crippen molar-refractivity contribution in [3.63, 3.8) is 0 Å². The maximum atomic E-state index is 9.43. The van der Waals surface area contributed by atoms with Crippen LogP contribution in [0.15, 0.2) is 42.6 Å². The Labute approximate surface area is 152 Å². The molecule has 6 nitrogen and oxygen atoms in total. The molecule has 1 aliphatic rings. The van der Waals surface area contributed by atoms with Crippen molar-refractivity contribution in [2.45, 2.75) is 19.3 Å². The third-order valence-electron chi connectivity index (χ3n) is 4.83. The highest BCUT2D eigenvalue weighted by molar-refractivity contribution is 5.78. The molecule has 0 atom stereocenters. The van der Waals surface area contributed by atoms with Crippen molar-refractivity contribution in [1.82, 2.24) is 15.2 Å². The van der Waals surface area contributed by atoms with Crippen molar-refractivity contribution in [2.24, 2.45) is 0 Å². The fourth-order valence-corrected chi connectivity index (χ4v) is 3.44. The number of pyridine rings is 1. The van der Waals surface area contributed by atoms with Gasteiger partial charge in [0, 0.05) is 36.1 Å². The van der Waals surface area contributed by atoms with Gasteiger partial charge in [0.15, 0.2) is 0 Å². The van der Waals surface area contributed by atoms with Gasteiger partial charge in [0.2, 0.25) is 0 Å². The van der Waals surface area contributed by atoms with Crippen LogP contribution < -0.4 is 10.6 Å². The highest BCUT2D eigenvalue weighted by atomic mass is 15.1. The number of rotatable bonds is 3. The first kappa shape index (κ1) is 16.2. The van der Waals surface area contributed by atoms with Crippen LogP contribution in [0.2, 0.25) is 0 Å². The lowest BCUT2D eigenvalue weighted by Crippen LogP contribution is -2.29. The van der Waals surface area contributed by atoms with Crippen LogP contribution in [-0.4, -0.2) is 28.3 Å². The number of benzene rings is 1. The van der Waals surface area contributed by atoms with Gasteiger partial charge in [0.1, 0.15) is 17.5 Å². The van der Waals surface area contributed by atoms with Crippen molar-refractivity contribution in [2.75, 3.05) is 23.7 Å². The molecule has 0 spiro atoms. The number of hydrogen-bond donors (Lipinski definition) is 2. The lowest BCUT2D eigenvalue weighted by molar-refractivity contribution is 0.578. The number of anilines is 2. The molecule has 1 saturated heterocycles. The number of nitrogens with one attached hydrogen (secondary N) is 1. The van der Waals surface area contributed by atoms with E-state index in [0.29, 0.717) is 11.1 Å². The second-order valence-corrected chi connectivity index (χ2v) is 6.49. The minimum absolute atomic E-state index is 0.231. The fraction of sp³-hybridized carbons (Fsp3) is 0.250. The summed E-state index contributed by atoms with van der Waals surface area (Å²) in [6.45, 7) is 2.23. The lowest BCUT2D eigenvalue weighted by atomic mass is 10.0. The van der Waals surface area contributed by atoms with Crippen LogP contribution in [0, 0.1) is 11.3 Å². The average Bonchev–Trinajstić information content (AvgIpc) is 3.23. The molecule has 3 N–H and O–H groups in total. The zero-order chi connectivity index (χ0) is 17.9. The predicted octanol–water partition coefficient (Wildman–Crippen LogP) is 3.58. The maximum Gasteiger partial charge on any atom is 0.142 e. The summed E-state index contributed by atoms with van der Waals surface area (Å²) in [4.78, 5) is 6.85. The Hall–Kier alpha value is -3.33. The molecular weight excluding hydrogens is 324 g/mol. The molecular formula is C20H20N6. The monoisotopic (exact) mass is 344 g/mol. The summed E-state index contributed by atoms with van der Waals surface area (Å²) in [7, 11) is 0. The molecule has 0 bridgehead atoms. The summed E-state index contributed by atoms with van der Waals surface area (Å²) in [6, 6.07) is 14.2. The SMILES string of the molecule is N#Cc1c(-c2ccn[nH]2)cc(-c2ccc(N3CCCCC3)cc2)nc1N. The van der Waals surface area contributed by atoms with E-state index in [-0.39, 0.29) is 5.82 Å². The summed E-state index contributed by atoms with van der Waals surface area (Å²) < 4.78 is 0. The van der Waals surface area contributed by atoms with Crippen molar-refractivity contribution in [1.29, 1.82) is 5.26 Å². The molecule has 6 heteroatoms. The number of hydrogen-bond acceptors (Lipinski definition) is 5. The van der Waals surface area contributed by atoms with E-state index < -0.39 is 0 Å². The summed E-state index contributed by atoms with van der Waals surface area (Å²) in [5.74, 6) is 0.231. The van der Waals surface area contributed by atoms with Gasteiger partial charge in [-0.05, 0) is 43.5 Å². The Bertz CT molecular complexity index is 932. The van der Waals surface area contributed by atoms with Crippen LogP contribution >= 0.6 is 0 Å². The number of nitrogens with two attached hydrogens (primary N) is 1. The zero-order valence-electron chi connectivity index (χ0n) is 14.4. The Morgan fingerprint density at radius 2 is 1.85 bits per heavy atom. The van der Waals surface area contributed by atoms with Crippen LogP contribution in [-0.2, 0) is 0 Å². The maximum absolute atomic E-state index is 9.43. The summed E-state index contributed by atoms with van der Waals surface area (Å²) in [6.07, 6.45) is 5.48. The molecule has 26 heavy (non-hydrogen) atoms. The van der Waals surface area contributed by atoms with Crippen LogP contribution in [0.5, 0.6) is 0 Å². The van der Waals surface area contributed by atoms with Gasteiger partial charge >= 0.3 is 0 Å². The predicted molar refractivity (Wildman–Crippen MR) is 102 cm³/mol. The van der Waals surface area contributed by atoms with E-state index in [1.54, 1.807) is 6.20 Å². The van der Waals surface area contributed by atoms with Crippen molar-refractivity contribution in [3.8, 4) is 28.6 Å². The van der Waals surface area contributed by atoms with Crippen LogP contribution in [0.25, 0.3) is 22.5 Å². The first-order valence-electron chi connectivity index (χ1n) is 8.82. The second kappa shape index (κ2) is 6.89. The zero-order valence-corrected chi connectivity index (χ0v) is 14.4. The molecule has 0 saturated carbocycles. The number of aromatic nitrogens is 3. The van der Waals surface area contributed by atoms with E-state index in [4.69, 9.17) is 5.73 Å². The topological polar surface area (TPSA) is 94.6 Å². The quantitative estimate of drug-likeness (QED) is 0.757. The van der Waals surface area contributed by atoms with Gasteiger partial charge in [0.25, 0.3) is 0 Å². The van der Waals surface area contributed by atoms with E-state index in [2.05, 4.69) is 50.4 Å². The van der Waals surface area contributed by atoms with Gasteiger partial charge in [-0.1, -0.05) is 12.1 Å². The van der Waals surface area contributed by atoms with Crippen molar-refractivity contribution >= 4 is 11.5 Å². The minimum Gasteiger partial charge on any atom is -0.383 e. The Balaban J connectivity index is 1.70. The highest BCUT2D eigenvalue weighted by Gasteiger charge is 2.15. The van der Waals surface area contributed by atoms with E-state index in [0.717, 1.165) is 30.0 Å². The van der Waals surface area contributed by atoms with Crippen molar-refractivity contribution < 1.29 is 0 Å². The Kier molecular flexibility index (Phi) is 4.28. The minimum atomic E-state index is 0.231. The molecule has 130 valence electrons. The van der Waals surface area contributed by atoms with E-state index in [1.807, 2.05) is 12.1 Å². The van der Waals surface area contributed by atoms with Gasteiger partial charge in [-0.15, -0.1) is 0 Å². The number of nitriles is 1. The number of H-pyrrole nitrogens is 1. The molecule has 1 aliphatic heterocycles. The van der Waals surface area contributed by atoms with Crippen LogP contribution in [0.3, 0.4) is 0 Å². The first-order chi connectivity index (χ1) is 12.8. The standard InChI is InChI=1S/C20H20N6/c21-13-17-16(18-8-9-23-25-18)12-19(24-20(17)22)14-4-6-15(7-5-14)26-10-2-1-3-11-26/h4-9,12H,1-3,10-11H2,(H2,22,24)(H,23,25). The van der Waals surface area contributed by atoms with Crippen molar-refractivity contribution in [3.05, 3.63) is 48.2 Å². The number of piperidine rings is 1. The van der Waals surface area contributed by atoms with Gasteiger partial charge in [0.05, 0.1) is 11.4 Å². The molecule has 0 amide bonds. The molecule has 0 aliphatic carbocycles. The summed E-state index contributed by atoms with van der Waals surface area (Å²) in [5.41, 5.74) is 10.8. The summed E-state index contributed by atoms with van der Waals surface area (Å²) >= 11 is 0. The summed E-state index contributed by atoms with van der Waals surface area (Å²) in [5, 5.41) is 16.3. The van der Waals surface area contributed by atoms with E-state index >= 15 is 0 Å². The van der Waals surface area contributed by atoms with E-state index in [1.165, 1.54) is 24.9 Å². The second-order valence-electron chi connectivity index (χ2n) is 6.49.